The lowest BCUT2D eigenvalue weighted by atomic mass is 9.94. The highest BCUT2D eigenvalue weighted by Crippen LogP contribution is 2.19. The Balaban J connectivity index is 1.79. The van der Waals surface area contributed by atoms with Gasteiger partial charge in [-0.2, -0.15) is 0 Å². The van der Waals surface area contributed by atoms with Gasteiger partial charge in [0, 0.05) is 11.1 Å². The number of nitrogens with one attached hydrogen (secondary N) is 2. The number of amides is 1. The van der Waals surface area contributed by atoms with Gasteiger partial charge in [-0.05, 0) is 69.4 Å². The van der Waals surface area contributed by atoms with Crippen molar-refractivity contribution in [2.75, 3.05) is 0 Å². The number of rotatable bonds is 5. The van der Waals surface area contributed by atoms with Crippen LogP contribution in [0.3, 0.4) is 0 Å². The Morgan fingerprint density at radius 3 is 2.54 bits per heavy atom. The van der Waals surface area contributed by atoms with Gasteiger partial charge < -0.3 is 10.3 Å². The Morgan fingerprint density at radius 1 is 1.14 bits per heavy atom. The molecule has 2 aromatic rings. The Morgan fingerprint density at radius 2 is 1.82 bits per heavy atom. The van der Waals surface area contributed by atoms with Crippen LogP contribution in [0.25, 0.3) is 0 Å². The van der Waals surface area contributed by atoms with E-state index in [2.05, 4.69) is 10.3 Å². The number of fused-ring (bicyclic) bond motifs is 1. The van der Waals surface area contributed by atoms with Crippen molar-refractivity contribution in [3.8, 4) is 0 Å². The Hall–Kier alpha value is -2.67. The van der Waals surface area contributed by atoms with Gasteiger partial charge in [-0.25, -0.2) is 8.42 Å². The van der Waals surface area contributed by atoms with E-state index in [1.54, 1.807) is 38.1 Å². The first-order valence-electron chi connectivity index (χ1n) is 9.25. The minimum Gasteiger partial charge on any atom is -0.343 e. The Kier molecular flexibility index (Phi) is 5.56. The highest BCUT2D eigenvalue weighted by Gasteiger charge is 2.23. The third-order valence-corrected chi connectivity index (χ3v) is 6.18. The van der Waals surface area contributed by atoms with Crippen LogP contribution < -0.4 is 10.9 Å². The molecular weight excluding hydrogens is 376 g/mol. The zero-order valence-electron chi connectivity index (χ0n) is 16.0. The summed E-state index contributed by atoms with van der Waals surface area (Å²) in [5.74, 6) is -0.526. The molecule has 2 N–H and O–H groups in total. The maximum Gasteiger partial charge on any atom is 0.261 e. The summed E-state index contributed by atoms with van der Waals surface area (Å²) >= 11 is 0. The van der Waals surface area contributed by atoms with Crippen molar-refractivity contribution in [2.45, 2.75) is 50.0 Å². The second-order valence-electron chi connectivity index (χ2n) is 7.56. The van der Waals surface area contributed by atoms with Gasteiger partial charge in [0.1, 0.15) is 5.56 Å². The summed E-state index contributed by atoms with van der Waals surface area (Å²) in [7, 11) is -3.61. The molecule has 1 amide bonds. The van der Waals surface area contributed by atoms with Crippen molar-refractivity contribution >= 4 is 15.7 Å². The first kappa shape index (κ1) is 20.1. The second kappa shape index (κ2) is 7.75. The van der Waals surface area contributed by atoms with Crippen molar-refractivity contribution in [2.24, 2.45) is 0 Å². The number of hydrogen-bond acceptors (Lipinski definition) is 4. The molecule has 1 aliphatic rings. The van der Waals surface area contributed by atoms with Crippen LogP contribution in [0.2, 0.25) is 0 Å². The van der Waals surface area contributed by atoms with Gasteiger partial charge in [0.05, 0.1) is 10.4 Å². The van der Waals surface area contributed by atoms with Gasteiger partial charge in [0.15, 0.2) is 9.84 Å². The lowest BCUT2D eigenvalue weighted by Crippen LogP contribution is -2.44. The van der Waals surface area contributed by atoms with Gasteiger partial charge in [-0.1, -0.05) is 18.2 Å². The second-order valence-corrected chi connectivity index (χ2v) is 9.39. The lowest BCUT2D eigenvalue weighted by molar-refractivity contribution is 0.0925. The van der Waals surface area contributed by atoms with Crippen LogP contribution in [-0.2, 0) is 22.7 Å². The molecule has 0 unspecified atom stereocenters. The third-order valence-electron chi connectivity index (χ3n) is 4.75. The molecule has 1 heterocycles. The van der Waals surface area contributed by atoms with Gasteiger partial charge in [0.2, 0.25) is 0 Å². The fourth-order valence-electron chi connectivity index (χ4n) is 3.19. The molecule has 0 saturated carbocycles. The van der Waals surface area contributed by atoms with Crippen LogP contribution >= 0.6 is 0 Å². The number of pyridine rings is 1. The Bertz CT molecular complexity index is 1070. The molecule has 1 aromatic heterocycles. The summed E-state index contributed by atoms with van der Waals surface area (Å²) < 4.78 is 24.8. The maximum absolute atomic E-state index is 12.6. The predicted molar refractivity (Wildman–Crippen MR) is 108 cm³/mol. The van der Waals surface area contributed by atoms with Crippen molar-refractivity contribution < 1.29 is 13.2 Å². The summed E-state index contributed by atoms with van der Waals surface area (Å²) in [5, 5.41) is 3.82. The average Bonchev–Trinajstić information content (AvgIpc) is 2.66. The first-order valence-corrected chi connectivity index (χ1v) is 10.8. The molecule has 0 bridgehead atoms. The van der Waals surface area contributed by atoms with E-state index in [1.807, 2.05) is 0 Å². The van der Waals surface area contributed by atoms with Crippen LogP contribution in [0.1, 0.15) is 48.3 Å². The molecule has 0 atom stereocenters. The van der Waals surface area contributed by atoms with E-state index in [1.165, 1.54) is 18.2 Å². The number of hydrogen-bond donors (Lipinski definition) is 2. The average molecular weight is 401 g/mol. The summed E-state index contributed by atoms with van der Waals surface area (Å²) in [6, 6.07) is 9.72. The van der Waals surface area contributed by atoms with Crippen LogP contribution in [0, 0.1) is 0 Å². The van der Waals surface area contributed by atoms with Gasteiger partial charge in [-0.15, -0.1) is 0 Å². The molecule has 28 heavy (non-hydrogen) atoms. The van der Waals surface area contributed by atoms with Crippen molar-refractivity contribution in [1.82, 2.24) is 10.3 Å². The topological polar surface area (TPSA) is 96.1 Å². The minimum atomic E-state index is -3.61. The van der Waals surface area contributed by atoms with Crippen molar-refractivity contribution in [1.29, 1.82) is 0 Å². The molecule has 1 aromatic carbocycles. The van der Waals surface area contributed by atoms with Crippen LogP contribution in [0.4, 0.5) is 0 Å². The highest BCUT2D eigenvalue weighted by molar-refractivity contribution is 7.94. The largest absolute Gasteiger partial charge is 0.343 e. The standard InChI is InChI=1S/C21H24N2O4S/c1-21(2,12-13-28(26,27)16-9-4-3-5-10-16)23-20(25)17-14-15-8-6-7-11-18(15)22-19(17)24/h3-5,9-10,12-14H,6-8,11H2,1-2H3,(H,22,24)(H,23,25)/b13-12+. The van der Waals surface area contributed by atoms with Gasteiger partial charge in [0.25, 0.3) is 11.5 Å². The maximum atomic E-state index is 12.6. The van der Waals surface area contributed by atoms with E-state index < -0.39 is 26.8 Å². The van der Waals surface area contributed by atoms with E-state index in [9.17, 15) is 18.0 Å². The predicted octanol–water partition coefficient (Wildman–Crippen LogP) is 2.75. The number of carbonyl (C=O) groups excluding carboxylic acids is 1. The summed E-state index contributed by atoms with van der Waals surface area (Å²) in [4.78, 5) is 27.9. The number of aryl methyl sites for hydroxylation is 2. The minimum absolute atomic E-state index is 0.0491. The zero-order valence-corrected chi connectivity index (χ0v) is 16.8. The molecule has 0 aliphatic heterocycles. The molecular formula is C21H24N2O4S. The number of sulfone groups is 1. The van der Waals surface area contributed by atoms with Gasteiger partial charge >= 0.3 is 0 Å². The molecule has 1 aliphatic carbocycles. The van der Waals surface area contributed by atoms with Crippen LogP contribution in [0.15, 0.2) is 57.6 Å². The quantitative estimate of drug-likeness (QED) is 0.807. The number of H-pyrrole nitrogens is 1. The smallest absolute Gasteiger partial charge is 0.261 e. The fraction of sp³-hybridized carbons (Fsp3) is 0.333. The number of aromatic amines is 1. The fourth-order valence-corrected chi connectivity index (χ4v) is 4.41. The SMILES string of the molecule is CC(C)(/C=C/S(=O)(=O)c1ccccc1)NC(=O)c1cc2c([nH]c1=O)CCCC2. The van der Waals surface area contributed by atoms with Crippen molar-refractivity contribution in [3.63, 3.8) is 0 Å². The summed E-state index contributed by atoms with van der Waals surface area (Å²) in [6.45, 7) is 3.35. The van der Waals surface area contributed by atoms with Gasteiger partial charge in [-0.3, -0.25) is 9.59 Å². The first-order chi connectivity index (χ1) is 13.2. The molecule has 0 saturated heterocycles. The third kappa shape index (κ3) is 4.59. The molecule has 6 nitrogen and oxygen atoms in total. The molecule has 7 heteroatoms. The van der Waals surface area contributed by atoms with E-state index >= 15 is 0 Å². The van der Waals surface area contributed by atoms with Crippen molar-refractivity contribution in [3.05, 3.63) is 75.1 Å². The van der Waals surface area contributed by atoms with E-state index in [0.29, 0.717) is 0 Å². The molecule has 0 radical (unpaired) electrons. The molecule has 148 valence electrons. The molecule has 3 rings (SSSR count). The Labute approximate surface area is 164 Å². The normalized spacial score (nSPS) is 14.6. The summed E-state index contributed by atoms with van der Waals surface area (Å²) in [6.07, 6.45) is 5.14. The van der Waals surface area contributed by atoms with Crippen LogP contribution in [-0.4, -0.2) is 24.8 Å². The summed E-state index contributed by atoms with van der Waals surface area (Å²) in [5.41, 5.74) is 0.571. The highest BCUT2D eigenvalue weighted by atomic mass is 32.2. The number of carbonyl (C=O) groups is 1. The van der Waals surface area contributed by atoms with E-state index in [4.69, 9.17) is 0 Å². The number of benzene rings is 1. The van der Waals surface area contributed by atoms with E-state index in [-0.39, 0.29) is 10.5 Å². The zero-order chi connectivity index (χ0) is 20.4. The van der Waals surface area contributed by atoms with Crippen LogP contribution in [0.5, 0.6) is 0 Å². The van der Waals surface area contributed by atoms with E-state index in [0.717, 1.165) is 42.3 Å². The number of aromatic nitrogens is 1. The molecule has 0 spiro atoms. The lowest BCUT2D eigenvalue weighted by Gasteiger charge is -2.23. The molecule has 0 fully saturated rings. The monoisotopic (exact) mass is 400 g/mol.